The summed E-state index contributed by atoms with van der Waals surface area (Å²) in [6, 6.07) is 8.34. The third-order valence-corrected chi connectivity index (χ3v) is 3.48. The molecule has 0 bridgehead atoms. The van der Waals surface area contributed by atoms with E-state index >= 15 is 0 Å². The fourth-order valence-corrected chi connectivity index (χ4v) is 2.35. The molecule has 2 rings (SSSR count). The third-order valence-electron chi connectivity index (χ3n) is 3.16. The summed E-state index contributed by atoms with van der Waals surface area (Å²) in [6.07, 6.45) is 1.05. The fraction of sp³-hybridized carbons (Fsp3) is 0.500. The maximum atomic E-state index is 6.17. The number of nitrogens with two attached hydrogens (primary N) is 1. The van der Waals surface area contributed by atoms with Gasteiger partial charge in [0.1, 0.15) is 0 Å². The van der Waals surface area contributed by atoms with Crippen LogP contribution >= 0.6 is 11.6 Å². The van der Waals surface area contributed by atoms with Gasteiger partial charge in [-0.15, -0.1) is 0 Å². The zero-order chi connectivity index (χ0) is 10.8. The smallest absolute Gasteiger partial charge is 0.0639 e. The Morgan fingerprint density at radius 2 is 2.13 bits per heavy atom. The molecule has 0 spiro atoms. The Labute approximate surface area is 96.0 Å². The van der Waals surface area contributed by atoms with Crippen LogP contribution < -0.4 is 10.6 Å². The van der Waals surface area contributed by atoms with E-state index in [-0.39, 0.29) is 0 Å². The lowest BCUT2D eigenvalue weighted by molar-refractivity contribution is 0.383. The summed E-state index contributed by atoms with van der Waals surface area (Å²) in [5.74, 6) is 0.537. The van der Waals surface area contributed by atoms with Crippen LogP contribution in [-0.4, -0.2) is 19.1 Å². The fourth-order valence-electron chi connectivity index (χ4n) is 2.09. The van der Waals surface area contributed by atoms with Gasteiger partial charge in [0, 0.05) is 19.1 Å². The van der Waals surface area contributed by atoms with Gasteiger partial charge in [-0.1, -0.05) is 30.7 Å². The van der Waals surface area contributed by atoms with Crippen LogP contribution in [0.1, 0.15) is 13.3 Å². The van der Waals surface area contributed by atoms with Crippen LogP contribution in [0.3, 0.4) is 0 Å². The maximum absolute atomic E-state index is 6.17. The van der Waals surface area contributed by atoms with Crippen LogP contribution in [0.15, 0.2) is 24.3 Å². The topological polar surface area (TPSA) is 29.3 Å². The highest BCUT2D eigenvalue weighted by molar-refractivity contribution is 6.33. The van der Waals surface area contributed by atoms with Crippen molar-refractivity contribution in [3.05, 3.63) is 29.3 Å². The zero-order valence-electron chi connectivity index (χ0n) is 8.99. The summed E-state index contributed by atoms with van der Waals surface area (Å²) in [7, 11) is 0. The molecule has 1 heterocycles. The predicted molar refractivity (Wildman–Crippen MR) is 65.4 cm³/mol. The first-order chi connectivity index (χ1) is 7.18. The standard InChI is InChI=1S/C12H17ClN2/c1-9-8-15(7-6-11(9)14)12-5-3-2-4-10(12)13/h2-5,9,11H,6-8,14H2,1H3. The molecule has 0 aromatic heterocycles. The van der Waals surface area contributed by atoms with E-state index in [2.05, 4.69) is 17.9 Å². The van der Waals surface area contributed by atoms with Gasteiger partial charge in [0.2, 0.25) is 0 Å². The monoisotopic (exact) mass is 224 g/mol. The van der Waals surface area contributed by atoms with Gasteiger partial charge >= 0.3 is 0 Å². The van der Waals surface area contributed by atoms with Crippen LogP contribution in [0.25, 0.3) is 0 Å². The number of benzene rings is 1. The average molecular weight is 225 g/mol. The van der Waals surface area contributed by atoms with E-state index in [0.717, 1.165) is 30.2 Å². The lowest BCUT2D eigenvalue weighted by Gasteiger charge is -2.37. The number of hydrogen-bond donors (Lipinski definition) is 1. The van der Waals surface area contributed by atoms with Crippen molar-refractivity contribution in [1.29, 1.82) is 0 Å². The minimum absolute atomic E-state index is 0.337. The summed E-state index contributed by atoms with van der Waals surface area (Å²) in [5, 5.41) is 0.833. The van der Waals surface area contributed by atoms with Crippen molar-refractivity contribution in [3.63, 3.8) is 0 Å². The molecule has 1 aromatic rings. The lowest BCUT2D eigenvalue weighted by atomic mass is 9.94. The second-order valence-corrected chi connectivity index (χ2v) is 4.73. The summed E-state index contributed by atoms with van der Waals surface area (Å²) in [6.45, 7) is 4.22. The largest absolute Gasteiger partial charge is 0.370 e. The van der Waals surface area contributed by atoms with Gasteiger partial charge in [-0.05, 0) is 24.5 Å². The molecule has 15 heavy (non-hydrogen) atoms. The molecule has 2 atom stereocenters. The van der Waals surface area contributed by atoms with Crippen LogP contribution in [0, 0.1) is 5.92 Å². The van der Waals surface area contributed by atoms with Crippen molar-refractivity contribution in [2.75, 3.05) is 18.0 Å². The van der Waals surface area contributed by atoms with Crippen molar-refractivity contribution in [2.24, 2.45) is 11.7 Å². The Morgan fingerprint density at radius 1 is 1.40 bits per heavy atom. The van der Waals surface area contributed by atoms with Crippen molar-refractivity contribution in [2.45, 2.75) is 19.4 Å². The molecule has 2 unspecified atom stereocenters. The molecular formula is C12H17ClN2. The predicted octanol–water partition coefficient (Wildman–Crippen LogP) is 2.51. The molecule has 1 aliphatic heterocycles. The zero-order valence-corrected chi connectivity index (χ0v) is 9.74. The third kappa shape index (κ3) is 2.27. The molecule has 1 saturated heterocycles. The van der Waals surface area contributed by atoms with Crippen LogP contribution in [0.4, 0.5) is 5.69 Å². The van der Waals surface area contributed by atoms with Crippen molar-refractivity contribution < 1.29 is 0 Å². The first kappa shape index (κ1) is 10.8. The summed E-state index contributed by atoms with van der Waals surface area (Å²) in [5.41, 5.74) is 7.13. The molecule has 1 fully saturated rings. The van der Waals surface area contributed by atoms with Gasteiger partial charge in [-0.2, -0.15) is 0 Å². The molecular weight excluding hydrogens is 208 g/mol. The molecule has 0 radical (unpaired) electrons. The van der Waals surface area contributed by atoms with E-state index in [4.69, 9.17) is 17.3 Å². The summed E-state index contributed by atoms with van der Waals surface area (Å²) >= 11 is 6.17. The SMILES string of the molecule is CC1CN(c2ccccc2Cl)CCC1N. The number of piperidine rings is 1. The Kier molecular flexibility index (Phi) is 3.17. The molecule has 0 amide bonds. The lowest BCUT2D eigenvalue weighted by Crippen LogP contribution is -2.46. The normalized spacial score (nSPS) is 26.7. The Hall–Kier alpha value is -0.730. The van der Waals surface area contributed by atoms with Gasteiger partial charge in [0.25, 0.3) is 0 Å². The number of para-hydroxylation sites is 1. The molecule has 3 heteroatoms. The number of rotatable bonds is 1. The number of nitrogens with zero attached hydrogens (tertiary/aromatic N) is 1. The first-order valence-electron chi connectivity index (χ1n) is 5.43. The van der Waals surface area contributed by atoms with E-state index in [0.29, 0.717) is 12.0 Å². The van der Waals surface area contributed by atoms with E-state index in [1.165, 1.54) is 0 Å². The number of hydrogen-bond acceptors (Lipinski definition) is 2. The Morgan fingerprint density at radius 3 is 2.80 bits per heavy atom. The minimum atomic E-state index is 0.337. The minimum Gasteiger partial charge on any atom is -0.370 e. The number of halogens is 1. The molecule has 0 aliphatic carbocycles. The Balaban J connectivity index is 2.15. The van der Waals surface area contributed by atoms with E-state index in [1.807, 2.05) is 18.2 Å². The average Bonchev–Trinajstić information content (AvgIpc) is 2.23. The van der Waals surface area contributed by atoms with Gasteiger partial charge in [-0.25, -0.2) is 0 Å². The van der Waals surface area contributed by atoms with Gasteiger partial charge in [0.05, 0.1) is 10.7 Å². The van der Waals surface area contributed by atoms with Crippen LogP contribution in [-0.2, 0) is 0 Å². The number of anilines is 1. The van der Waals surface area contributed by atoms with Gasteiger partial charge in [0.15, 0.2) is 0 Å². The van der Waals surface area contributed by atoms with E-state index in [1.54, 1.807) is 0 Å². The maximum Gasteiger partial charge on any atom is 0.0639 e. The van der Waals surface area contributed by atoms with Crippen molar-refractivity contribution in [1.82, 2.24) is 0 Å². The molecule has 0 saturated carbocycles. The highest BCUT2D eigenvalue weighted by atomic mass is 35.5. The van der Waals surface area contributed by atoms with Crippen LogP contribution in [0.2, 0.25) is 5.02 Å². The quantitative estimate of drug-likeness (QED) is 0.795. The second kappa shape index (κ2) is 4.42. The van der Waals surface area contributed by atoms with Gasteiger partial charge < -0.3 is 10.6 Å². The highest BCUT2D eigenvalue weighted by Gasteiger charge is 2.23. The van der Waals surface area contributed by atoms with Gasteiger partial charge in [-0.3, -0.25) is 0 Å². The summed E-state index contributed by atoms with van der Waals surface area (Å²) < 4.78 is 0. The molecule has 2 N–H and O–H groups in total. The summed E-state index contributed by atoms with van der Waals surface area (Å²) in [4.78, 5) is 2.33. The Bertz CT molecular complexity index is 340. The van der Waals surface area contributed by atoms with Crippen molar-refractivity contribution in [3.8, 4) is 0 Å². The van der Waals surface area contributed by atoms with Crippen molar-refractivity contribution >= 4 is 17.3 Å². The molecule has 1 aliphatic rings. The second-order valence-electron chi connectivity index (χ2n) is 4.33. The molecule has 1 aromatic carbocycles. The molecule has 2 nitrogen and oxygen atoms in total. The van der Waals surface area contributed by atoms with Crippen LogP contribution in [0.5, 0.6) is 0 Å². The highest BCUT2D eigenvalue weighted by Crippen LogP contribution is 2.28. The van der Waals surface area contributed by atoms with E-state index in [9.17, 15) is 0 Å². The first-order valence-corrected chi connectivity index (χ1v) is 5.81. The van der Waals surface area contributed by atoms with E-state index < -0.39 is 0 Å². The molecule has 82 valence electrons.